The van der Waals surface area contributed by atoms with Crippen molar-refractivity contribution < 1.29 is 14.8 Å². The average Bonchev–Trinajstić information content (AvgIpc) is 2.86. The van der Waals surface area contributed by atoms with E-state index in [0.717, 1.165) is 6.42 Å². The Labute approximate surface area is 114 Å². The van der Waals surface area contributed by atoms with E-state index in [1.54, 1.807) is 4.90 Å². The molecule has 1 atom stereocenters. The van der Waals surface area contributed by atoms with Crippen molar-refractivity contribution in [2.75, 3.05) is 19.7 Å². The molecule has 0 aromatic heterocycles. The predicted octanol–water partition coefficient (Wildman–Crippen LogP) is 1.70. The van der Waals surface area contributed by atoms with Crippen molar-refractivity contribution in [2.45, 2.75) is 6.42 Å². The van der Waals surface area contributed by atoms with Gasteiger partial charge in [0.1, 0.15) is 5.02 Å². The van der Waals surface area contributed by atoms with Gasteiger partial charge in [0.05, 0.1) is 4.92 Å². The van der Waals surface area contributed by atoms with E-state index >= 15 is 0 Å². The van der Waals surface area contributed by atoms with Crippen LogP contribution in [0, 0.1) is 16.0 Å². The third kappa shape index (κ3) is 2.85. The molecule has 1 N–H and O–H groups in total. The van der Waals surface area contributed by atoms with Crippen molar-refractivity contribution in [3.63, 3.8) is 0 Å². The number of aliphatic hydroxyl groups excluding tert-OH is 1. The van der Waals surface area contributed by atoms with Crippen LogP contribution in [0.2, 0.25) is 5.02 Å². The molecular formula is C12H13ClN2O4. The van der Waals surface area contributed by atoms with Gasteiger partial charge in [0.2, 0.25) is 0 Å². The molecule has 0 radical (unpaired) electrons. The number of hydrogen-bond donors (Lipinski definition) is 1. The van der Waals surface area contributed by atoms with E-state index in [-0.39, 0.29) is 29.1 Å². The summed E-state index contributed by atoms with van der Waals surface area (Å²) in [6, 6.07) is 3.95. The van der Waals surface area contributed by atoms with Crippen molar-refractivity contribution in [1.29, 1.82) is 0 Å². The van der Waals surface area contributed by atoms with Gasteiger partial charge in [-0.3, -0.25) is 14.9 Å². The maximum atomic E-state index is 12.2. The van der Waals surface area contributed by atoms with Crippen LogP contribution in [0.1, 0.15) is 16.8 Å². The van der Waals surface area contributed by atoms with Crippen LogP contribution in [0.5, 0.6) is 0 Å². The molecular weight excluding hydrogens is 272 g/mol. The van der Waals surface area contributed by atoms with E-state index in [9.17, 15) is 14.9 Å². The van der Waals surface area contributed by atoms with Gasteiger partial charge in [0.25, 0.3) is 11.6 Å². The molecule has 1 aliphatic rings. The number of carbonyl (C=O) groups excluding carboxylic acids is 1. The average molecular weight is 285 g/mol. The number of hydrogen-bond acceptors (Lipinski definition) is 4. The highest BCUT2D eigenvalue weighted by molar-refractivity contribution is 6.33. The van der Waals surface area contributed by atoms with Crippen molar-refractivity contribution >= 4 is 23.2 Å². The summed E-state index contributed by atoms with van der Waals surface area (Å²) in [4.78, 5) is 23.8. The van der Waals surface area contributed by atoms with E-state index in [4.69, 9.17) is 16.7 Å². The van der Waals surface area contributed by atoms with Crippen molar-refractivity contribution in [3.8, 4) is 0 Å². The second kappa shape index (κ2) is 5.54. The molecule has 19 heavy (non-hydrogen) atoms. The van der Waals surface area contributed by atoms with E-state index in [0.29, 0.717) is 18.7 Å². The second-order valence-corrected chi connectivity index (χ2v) is 4.92. The number of amides is 1. The van der Waals surface area contributed by atoms with E-state index in [1.807, 2.05) is 0 Å². The quantitative estimate of drug-likeness (QED) is 0.676. The lowest BCUT2D eigenvalue weighted by Gasteiger charge is -2.16. The molecule has 1 saturated heterocycles. The van der Waals surface area contributed by atoms with E-state index < -0.39 is 4.92 Å². The highest BCUT2D eigenvalue weighted by atomic mass is 35.5. The van der Waals surface area contributed by atoms with Gasteiger partial charge in [-0.2, -0.15) is 0 Å². The molecule has 1 unspecified atom stereocenters. The van der Waals surface area contributed by atoms with E-state index in [1.165, 1.54) is 18.2 Å². The molecule has 6 nitrogen and oxygen atoms in total. The Morgan fingerprint density at radius 3 is 2.84 bits per heavy atom. The first-order valence-electron chi connectivity index (χ1n) is 5.87. The molecule has 1 amide bonds. The number of carbonyl (C=O) groups is 1. The number of likely N-dealkylation sites (tertiary alicyclic amines) is 1. The number of halogens is 1. The summed E-state index contributed by atoms with van der Waals surface area (Å²) in [5.74, 6) is -0.106. The van der Waals surface area contributed by atoms with Crippen LogP contribution in [-0.2, 0) is 0 Å². The molecule has 2 rings (SSSR count). The minimum atomic E-state index is -0.589. The Morgan fingerprint density at radius 1 is 1.58 bits per heavy atom. The number of nitro groups is 1. The molecule has 102 valence electrons. The van der Waals surface area contributed by atoms with Gasteiger partial charge < -0.3 is 10.0 Å². The van der Waals surface area contributed by atoms with Crippen LogP contribution in [0.3, 0.4) is 0 Å². The van der Waals surface area contributed by atoms with Crippen LogP contribution >= 0.6 is 11.6 Å². The molecule has 0 saturated carbocycles. The fraction of sp³-hybridized carbons (Fsp3) is 0.417. The maximum Gasteiger partial charge on any atom is 0.287 e. The first kappa shape index (κ1) is 13.8. The molecule has 1 aliphatic heterocycles. The summed E-state index contributed by atoms with van der Waals surface area (Å²) in [5, 5.41) is 19.6. The van der Waals surface area contributed by atoms with Crippen LogP contribution in [-0.4, -0.2) is 40.5 Å². The minimum Gasteiger partial charge on any atom is -0.396 e. The first-order chi connectivity index (χ1) is 9.02. The monoisotopic (exact) mass is 284 g/mol. The summed E-state index contributed by atoms with van der Waals surface area (Å²) in [5.41, 5.74) is 0.113. The molecule has 0 spiro atoms. The van der Waals surface area contributed by atoms with Gasteiger partial charge >= 0.3 is 0 Å². The zero-order chi connectivity index (χ0) is 14.0. The Kier molecular flexibility index (Phi) is 4.01. The lowest BCUT2D eigenvalue weighted by atomic mass is 10.1. The molecule has 1 fully saturated rings. The van der Waals surface area contributed by atoms with Crippen LogP contribution in [0.25, 0.3) is 0 Å². The molecule has 1 aromatic carbocycles. The van der Waals surface area contributed by atoms with Crippen molar-refractivity contribution in [3.05, 3.63) is 38.9 Å². The fourth-order valence-corrected chi connectivity index (χ4v) is 2.39. The van der Waals surface area contributed by atoms with Gasteiger partial charge in [0.15, 0.2) is 0 Å². The number of benzene rings is 1. The Balaban J connectivity index is 2.16. The summed E-state index contributed by atoms with van der Waals surface area (Å²) in [6.45, 7) is 1.15. The summed E-state index contributed by atoms with van der Waals surface area (Å²) in [7, 11) is 0. The lowest BCUT2D eigenvalue weighted by Crippen LogP contribution is -2.29. The topological polar surface area (TPSA) is 83.7 Å². The van der Waals surface area contributed by atoms with E-state index in [2.05, 4.69) is 0 Å². The maximum absolute atomic E-state index is 12.2. The van der Waals surface area contributed by atoms with Crippen LogP contribution in [0.4, 0.5) is 5.69 Å². The first-order valence-corrected chi connectivity index (χ1v) is 6.24. The van der Waals surface area contributed by atoms with Gasteiger partial charge in [-0.15, -0.1) is 0 Å². The number of aliphatic hydroxyl groups is 1. The smallest absolute Gasteiger partial charge is 0.287 e. The standard InChI is InChI=1S/C12H13ClN2O4/c13-10-5-9(1-2-11(10)15(18)19)12(17)14-4-3-8(6-14)7-16/h1-2,5,8,16H,3-4,6-7H2. The summed E-state index contributed by atoms with van der Waals surface area (Å²) in [6.07, 6.45) is 0.767. The summed E-state index contributed by atoms with van der Waals surface area (Å²) >= 11 is 5.78. The van der Waals surface area contributed by atoms with Crippen molar-refractivity contribution in [1.82, 2.24) is 4.90 Å². The second-order valence-electron chi connectivity index (χ2n) is 4.51. The van der Waals surface area contributed by atoms with Crippen LogP contribution in [0.15, 0.2) is 18.2 Å². The SMILES string of the molecule is O=C(c1ccc([N+](=O)[O-])c(Cl)c1)N1CCC(CO)C1. The third-order valence-corrected chi connectivity index (χ3v) is 3.53. The number of nitrogens with zero attached hydrogens (tertiary/aromatic N) is 2. The Bertz CT molecular complexity index is 520. The summed E-state index contributed by atoms with van der Waals surface area (Å²) < 4.78 is 0. The lowest BCUT2D eigenvalue weighted by molar-refractivity contribution is -0.384. The Hall–Kier alpha value is -1.66. The zero-order valence-electron chi connectivity index (χ0n) is 10.1. The van der Waals surface area contributed by atoms with Crippen molar-refractivity contribution in [2.24, 2.45) is 5.92 Å². The van der Waals surface area contributed by atoms with Gasteiger partial charge in [-0.1, -0.05) is 11.6 Å². The van der Waals surface area contributed by atoms with Gasteiger partial charge in [-0.25, -0.2) is 0 Å². The fourth-order valence-electron chi connectivity index (χ4n) is 2.14. The molecule has 1 aromatic rings. The zero-order valence-corrected chi connectivity index (χ0v) is 10.8. The highest BCUT2D eigenvalue weighted by Crippen LogP contribution is 2.26. The number of nitro benzene ring substituents is 1. The molecule has 1 heterocycles. The normalized spacial score (nSPS) is 18.6. The largest absolute Gasteiger partial charge is 0.396 e. The van der Waals surface area contributed by atoms with Crippen LogP contribution < -0.4 is 0 Å². The third-order valence-electron chi connectivity index (χ3n) is 3.22. The molecule has 0 aliphatic carbocycles. The minimum absolute atomic E-state index is 0.0474. The molecule has 7 heteroatoms. The highest BCUT2D eigenvalue weighted by Gasteiger charge is 2.27. The Morgan fingerprint density at radius 2 is 2.32 bits per heavy atom. The van der Waals surface area contributed by atoms with Gasteiger partial charge in [0, 0.05) is 37.2 Å². The van der Waals surface area contributed by atoms with Gasteiger partial charge in [-0.05, 0) is 18.6 Å². The molecule has 0 bridgehead atoms. The predicted molar refractivity (Wildman–Crippen MR) is 69.2 cm³/mol. The number of rotatable bonds is 3.